The maximum Gasteiger partial charge on any atom is 3.00 e. The monoisotopic (exact) mass is 473 g/mol. The number of hydrogen-bond acceptors (Lipinski definition) is 9. The molecule has 0 aliphatic carbocycles. The van der Waals surface area contributed by atoms with Crippen LogP contribution in [0.15, 0.2) is 0 Å². The van der Waals surface area contributed by atoms with Crippen molar-refractivity contribution in [3.63, 3.8) is 0 Å². The Bertz CT molecular complexity index is 228. The van der Waals surface area contributed by atoms with Crippen LogP contribution in [0.5, 0.6) is 0 Å². The largest absolute Gasteiger partial charge is 3.00 e. The summed E-state index contributed by atoms with van der Waals surface area (Å²) in [6, 6.07) is -2.53. The molecule has 0 saturated heterocycles. The molecule has 0 aliphatic rings. The van der Waals surface area contributed by atoms with E-state index in [4.69, 9.17) is 17.2 Å². The average molecular weight is 473 g/mol. The van der Waals surface area contributed by atoms with Gasteiger partial charge in [0.05, 0.1) is 17.9 Å². The van der Waals surface area contributed by atoms with E-state index in [1.54, 1.807) is 0 Å². The van der Waals surface area contributed by atoms with E-state index in [1.807, 2.05) is 0 Å². The van der Waals surface area contributed by atoms with Crippen LogP contribution in [0.2, 0.25) is 0 Å². The standard InChI is InChI=1S/3C3H7NO2.Bi/c3*1-2(4)3(5)6;/h3*2H,4H2,1H3,(H,5,6);/q;;;+3/p-3/t3*2-;/m000./s1. The van der Waals surface area contributed by atoms with Crippen LogP contribution < -0.4 is 32.5 Å². The molecule has 0 heterocycles. The minimum absolute atomic E-state index is 0. The van der Waals surface area contributed by atoms with Gasteiger partial charge in [-0.15, -0.1) is 0 Å². The zero-order chi connectivity index (χ0) is 15.5. The Morgan fingerprint density at radius 1 is 0.684 bits per heavy atom. The van der Waals surface area contributed by atoms with Crippen molar-refractivity contribution in [2.75, 3.05) is 0 Å². The summed E-state index contributed by atoms with van der Waals surface area (Å²) in [5, 5.41) is 28.4. The van der Waals surface area contributed by atoms with Gasteiger partial charge >= 0.3 is 26.2 Å². The van der Waals surface area contributed by atoms with Crippen LogP contribution in [0.25, 0.3) is 0 Å². The molecule has 0 aromatic heterocycles. The van der Waals surface area contributed by atoms with Gasteiger partial charge in [-0.2, -0.15) is 0 Å². The predicted molar refractivity (Wildman–Crippen MR) is 61.7 cm³/mol. The van der Waals surface area contributed by atoms with E-state index in [-0.39, 0.29) is 26.2 Å². The van der Waals surface area contributed by atoms with Gasteiger partial charge in [0.25, 0.3) is 0 Å². The molecular weight excluding hydrogens is 455 g/mol. The Morgan fingerprint density at radius 3 is 0.737 bits per heavy atom. The van der Waals surface area contributed by atoms with E-state index in [9.17, 15) is 29.7 Å². The van der Waals surface area contributed by atoms with E-state index in [1.165, 1.54) is 20.8 Å². The maximum atomic E-state index is 9.46. The molecule has 0 aromatic carbocycles. The van der Waals surface area contributed by atoms with Gasteiger partial charge in [-0.25, -0.2) is 0 Å². The fourth-order valence-corrected chi connectivity index (χ4v) is 0. The molecule has 0 aromatic rings. The molecule has 19 heavy (non-hydrogen) atoms. The van der Waals surface area contributed by atoms with E-state index < -0.39 is 36.0 Å². The molecular formula is C9H18BiN3O6. The Labute approximate surface area is 130 Å². The quantitative estimate of drug-likeness (QED) is 0.334. The first-order valence-corrected chi connectivity index (χ1v) is 4.82. The Hall–Kier alpha value is -0.827. The van der Waals surface area contributed by atoms with Crippen molar-refractivity contribution in [1.29, 1.82) is 0 Å². The van der Waals surface area contributed by atoms with Crippen LogP contribution in [0.4, 0.5) is 0 Å². The zero-order valence-corrected chi connectivity index (χ0v) is 14.3. The fourth-order valence-electron chi connectivity index (χ4n) is 0. The second kappa shape index (κ2) is 15.2. The normalized spacial score (nSPS) is 12.9. The summed E-state index contributed by atoms with van der Waals surface area (Å²) in [6.07, 6.45) is 0. The molecule has 0 fully saturated rings. The first-order valence-electron chi connectivity index (χ1n) is 4.82. The topological polar surface area (TPSA) is 198 Å². The van der Waals surface area contributed by atoms with Crippen LogP contribution in [-0.4, -0.2) is 62.2 Å². The van der Waals surface area contributed by atoms with E-state index >= 15 is 0 Å². The number of carboxylic acid groups (broad SMARTS) is 3. The molecule has 0 amide bonds. The van der Waals surface area contributed by atoms with E-state index in [2.05, 4.69) is 0 Å². The zero-order valence-electron chi connectivity index (χ0n) is 10.9. The maximum absolute atomic E-state index is 9.46. The van der Waals surface area contributed by atoms with Crippen LogP contribution in [0.3, 0.4) is 0 Å². The Morgan fingerprint density at radius 2 is 0.737 bits per heavy atom. The van der Waals surface area contributed by atoms with Crippen molar-refractivity contribution in [3.8, 4) is 0 Å². The van der Waals surface area contributed by atoms with Gasteiger partial charge in [0, 0.05) is 18.1 Å². The van der Waals surface area contributed by atoms with E-state index in [0.29, 0.717) is 0 Å². The van der Waals surface area contributed by atoms with Crippen molar-refractivity contribution in [2.45, 2.75) is 38.9 Å². The molecule has 2 radical (unpaired) electrons. The van der Waals surface area contributed by atoms with Crippen molar-refractivity contribution < 1.29 is 29.7 Å². The number of carbonyl (C=O) groups excluding carboxylic acids is 3. The third kappa shape index (κ3) is 31.7. The predicted octanol–water partition coefficient (Wildman–Crippen LogP) is -6.13. The summed E-state index contributed by atoms with van der Waals surface area (Å²) in [5.41, 5.74) is 14.3. The summed E-state index contributed by atoms with van der Waals surface area (Å²) in [5.74, 6) is -3.64. The summed E-state index contributed by atoms with van der Waals surface area (Å²) in [6.45, 7) is 4.07. The molecule has 110 valence electrons. The van der Waals surface area contributed by atoms with Gasteiger partial charge in [-0.3, -0.25) is 0 Å². The fraction of sp³-hybridized carbons (Fsp3) is 0.667. The van der Waals surface area contributed by atoms with Crippen LogP contribution >= 0.6 is 0 Å². The third-order valence-electron chi connectivity index (χ3n) is 1.12. The van der Waals surface area contributed by atoms with E-state index in [0.717, 1.165) is 0 Å². The summed E-state index contributed by atoms with van der Waals surface area (Å²) in [4.78, 5) is 28.4. The molecule has 10 heteroatoms. The van der Waals surface area contributed by atoms with Crippen molar-refractivity contribution >= 4 is 44.1 Å². The molecule has 0 bridgehead atoms. The number of aliphatic carboxylic acids is 3. The van der Waals surface area contributed by atoms with Crippen LogP contribution in [0.1, 0.15) is 20.8 Å². The summed E-state index contributed by atoms with van der Waals surface area (Å²) < 4.78 is 0. The minimum atomic E-state index is -1.21. The van der Waals surface area contributed by atoms with Crippen molar-refractivity contribution in [2.24, 2.45) is 17.2 Å². The number of hydrogen-bond donors (Lipinski definition) is 3. The average Bonchev–Trinajstić information content (AvgIpc) is 2.18. The molecule has 0 aliphatic heterocycles. The number of carbonyl (C=O) groups is 3. The second-order valence-corrected chi connectivity index (χ2v) is 3.32. The molecule has 6 N–H and O–H groups in total. The Balaban J connectivity index is -0.0000000865. The van der Waals surface area contributed by atoms with Crippen LogP contribution in [0, 0.1) is 0 Å². The van der Waals surface area contributed by atoms with Gasteiger partial charge in [0.1, 0.15) is 0 Å². The summed E-state index contributed by atoms with van der Waals surface area (Å²) >= 11 is 0. The van der Waals surface area contributed by atoms with Crippen molar-refractivity contribution in [1.82, 2.24) is 0 Å². The molecule has 9 nitrogen and oxygen atoms in total. The molecule has 0 saturated carbocycles. The van der Waals surface area contributed by atoms with Gasteiger partial charge in [-0.05, 0) is 20.8 Å². The minimum Gasteiger partial charge on any atom is -0.548 e. The second-order valence-electron chi connectivity index (χ2n) is 3.32. The Kier molecular flexibility index (Phi) is 21.4. The number of carboxylic acids is 3. The van der Waals surface area contributed by atoms with Gasteiger partial charge < -0.3 is 46.9 Å². The van der Waals surface area contributed by atoms with Gasteiger partial charge in [-0.1, -0.05) is 0 Å². The molecule has 0 rings (SSSR count). The van der Waals surface area contributed by atoms with Crippen molar-refractivity contribution in [3.05, 3.63) is 0 Å². The third-order valence-corrected chi connectivity index (χ3v) is 1.12. The smallest absolute Gasteiger partial charge is 0.548 e. The van der Waals surface area contributed by atoms with Crippen LogP contribution in [-0.2, 0) is 14.4 Å². The molecule has 0 spiro atoms. The summed E-state index contributed by atoms with van der Waals surface area (Å²) in [7, 11) is 0. The van der Waals surface area contributed by atoms with Gasteiger partial charge in [0.15, 0.2) is 0 Å². The first-order chi connectivity index (χ1) is 7.93. The van der Waals surface area contributed by atoms with Gasteiger partial charge in [0.2, 0.25) is 0 Å². The number of rotatable bonds is 3. The number of nitrogens with two attached hydrogens (primary N) is 3. The SMILES string of the molecule is C[C@H](N)C(=O)[O-].C[C@H](N)C(=O)[O-].C[C@H](N)C(=O)[O-].[Bi+3]. The first kappa shape index (κ1) is 26.7. The molecule has 3 atom stereocenters. The molecule has 0 unspecified atom stereocenters.